The van der Waals surface area contributed by atoms with Crippen LogP contribution in [-0.2, 0) is 5.75 Å². The zero-order chi connectivity index (χ0) is 15.6. The maximum absolute atomic E-state index is 8.86. The van der Waals surface area contributed by atoms with Crippen molar-refractivity contribution >= 4 is 28.8 Å². The molecule has 0 amide bonds. The lowest BCUT2D eigenvalue weighted by Crippen LogP contribution is -2.27. The Morgan fingerprint density at radius 3 is 2.83 bits per heavy atom. The number of amidine groups is 1. The normalized spacial score (nSPS) is 18.1. The Kier molecular flexibility index (Phi) is 3.60. The van der Waals surface area contributed by atoms with E-state index < -0.39 is 0 Å². The smallest absolute Gasteiger partial charge is 0.185 e. The Bertz CT molecular complexity index is 833. The molecule has 2 aromatic carbocycles. The van der Waals surface area contributed by atoms with Crippen LogP contribution in [0.1, 0.15) is 29.2 Å². The van der Waals surface area contributed by atoms with Crippen LogP contribution in [-0.4, -0.2) is 16.4 Å². The van der Waals surface area contributed by atoms with E-state index in [1.807, 2.05) is 41.6 Å². The van der Waals surface area contributed by atoms with Crippen LogP contribution in [0.3, 0.4) is 0 Å². The van der Waals surface area contributed by atoms with Crippen LogP contribution in [0.5, 0.6) is 0 Å². The van der Waals surface area contributed by atoms with Gasteiger partial charge in [0.1, 0.15) is 0 Å². The van der Waals surface area contributed by atoms with Crippen LogP contribution >= 0.6 is 11.8 Å². The predicted octanol–water partition coefficient (Wildman–Crippen LogP) is 4.23. The molecule has 112 valence electrons. The average molecular weight is 318 g/mol. The van der Waals surface area contributed by atoms with Gasteiger partial charge < -0.3 is 0 Å². The fraction of sp³-hybridized carbons (Fsp3) is 0.167. The van der Waals surface area contributed by atoms with Gasteiger partial charge in [0.2, 0.25) is 0 Å². The van der Waals surface area contributed by atoms with Crippen LogP contribution in [0.15, 0.2) is 58.6 Å². The summed E-state index contributed by atoms with van der Waals surface area (Å²) in [6.07, 6.45) is 2.89. The summed E-state index contributed by atoms with van der Waals surface area (Å²) in [6, 6.07) is 18.4. The molecule has 0 spiro atoms. The van der Waals surface area contributed by atoms with Crippen molar-refractivity contribution < 1.29 is 0 Å². The molecule has 2 aromatic rings. The summed E-state index contributed by atoms with van der Waals surface area (Å²) >= 11 is 1.68. The minimum absolute atomic E-state index is 0.271. The van der Waals surface area contributed by atoms with Crippen LogP contribution < -0.4 is 0 Å². The number of nitriles is 1. The van der Waals surface area contributed by atoms with Gasteiger partial charge >= 0.3 is 0 Å². The third kappa shape index (κ3) is 2.62. The fourth-order valence-corrected chi connectivity index (χ4v) is 3.76. The van der Waals surface area contributed by atoms with Gasteiger partial charge in [-0.3, -0.25) is 0 Å². The van der Waals surface area contributed by atoms with Crippen molar-refractivity contribution in [3.63, 3.8) is 0 Å². The SMILES string of the molecule is N#Cc1ccc(CSC2=Nc3ccccc3C3CC=NN23)cc1. The summed E-state index contributed by atoms with van der Waals surface area (Å²) in [7, 11) is 0. The number of hydrogen-bond acceptors (Lipinski definition) is 5. The number of para-hydroxylation sites is 1. The first-order valence-corrected chi connectivity index (χ1v) is 8.45. The van der Waals surface area contributed by atoms with Crippen LogP contribution in [0.25, 0.3) is 0 Å². The van der Waals surface area contributed by atoms with Crippen LogP contribution in [0.2, 0.25) is 0 Å². The van der Waals surface area contributed by atoms with Gasteiger partial charge in [0.15, 0.2) is 5.17 Å². The van der Waals surface area contributed by atoms with Gasteiger partial charge in [-0.2, -0.15) is 10.4 Å². The van der Waals surface area contributed by atoms with Crippen LogP contribution in [0, 0.1) is 11.3 Å². The molecule has 0 N–H and O–H groups in total. The van der Waals surface area contributed by atoms with E-state index in [-0.39, 0.29) is 6.04 Å². The molecule has 0 bridgehead atoms. The molecule has 0 aromatic heterocycles. The largest absolute Gasteiger partial charge is 0.235 e. The lowest BCUT2D eigenvalue weighted by Gasteiger charge is -2.29. The van der Waals surface area contributed by atoms with E-state index in [9.17, 15) is 0 Å². The number of nitrogens with zero attached hydrogens (tertiary/aromatic N) is 4. The van der Waals surface area contributed by atoms with Gasteiger partial charge in [0.25, 0.3) is 0 Å². The third-order valence-electron chi connectivity index (χ3n) is 3.99. The minimum Gasteiger partial charge on any atom is -0.235 e. The highest BCUT2D eigenvalue weighted by molar-refractivity contribution is 8.13. The van der Waals surface area contributed by atoms with Crippen molar-refractivity contribution in [2.45, 2.75) is 18.2 Å². The van der Waals surface area contributed by atoms with E-state index in [1.54, 1.807) is 11.8 Å². The van der Waals surface area contributed by atoms with Crippen molar-refractivity contribution in [2.75, 3.05) is 0 Å². The lowest BCUT2D eigenvalue weighted by molar-refractivity contribution is 0.372. The third-order valence-corrected chi connectivity index (χ3v) is 5.00. The maximum atomic E-state index is 8.86. The summed E-state index contributed by atoms with van der Waals surface area (Å²) in [5, 5.41) is 16.3. The van der Waals surface area contributed by atoms with Crippen molar-refractivity contribution in [1.29, 1.82) is 5.26 Å². The summed E-state index contributed by atoms with van der Waals surface area (Å²) in [5.41, 5.74) is 4.15. The molecular weight excluding hydrogens is 304 g/mol. The lowest BCUT2D eigenvalue weighted by atomic mass is 10.0. The molecule has 0 aliphatic carbocycles. The van der Waals surface area contributed by atoms with E-state index in [4.69, 9.17) is 10.3 Å². The summed E-state index contributed by atoms with van der Waals surface area (Å²) in [6.45, 7) is 0. The summed E-state index contributed by atoms with van der Waals surface area (Å²) in [5.74, 6) is 0.811. The minimum atomic E-state index is 0.271. The number of hydrazone groups is 1. The molecule has 1 atom stereocenters. The van der Waals surface area contributed by atoms with E-state index in [2.05, 4.69) is 29.4 Å². The van der Waals surface area contributed by atoms with E-state index in [1.165, 1.54) is 11.1 Å². The zero-order valence-corrected chi connectivity index (χ0v) is 13.2. The Labute approximate surface area is 139 Å². The molecule has 0 radical (unpaired) electrons. The molecule has 4 rings (SSSR count). The van der Waals surface area contributed by atoms with Gasteiger partial charge in [0.05, 0.1) is 23.4 Å². The molecule has 2 aliphatic rings. The average Bonchev–Trinajstić information content (AvgIpc) is 3.10. The molecule has 2 heterocycles. The number of hydrogen-bond donors (Lipinski definition) is 0. The first-order valence-electron chi connectivity index (χ1n) is 7.46. The van der Waals surface area contributed by atoms with Gasteiger partial charge in [-0.05, 0) is 23.8 Å². The van der Waals surface area contributed by atoms with Crippen molar-refractivity contribution in [1.82, 2.24) is 5.01 Å². The summed E-state index contributed by atoms with van der Waals surface area (Å²) in [4.78, 5) is 4.78. The Morgan fingerprint density at radius 2 is 2.00 bits per heavy atom. The number of aliphatic imine (C=N–C) groups is 1. The second-order valence-corrected chi connectivity index (χ2v) is 6.39. The second kappa shape index (κ2) is 5.90. The number of benzene rings is 2. The maximum Gasteiger partial charge on any atom is 0.185 e. The molecule has 1 unspecified atom stereocenters. The second-order valence-electron chi connectivity index (χ2n) is 5.44. The number of rotatable bonds is 2. The highest BCUT2D eigenvalue weighted by Gasteiger charge is 2.32. The number of fused-ring (bicyclic) bond motifs is 3. The number of thioether (sulfide) groups is 1. The molecule has 0 saturated heterocycles. The van der Waals surface area contributed by atoms with Crippen molar-refractivity contribution in [3.8, 4) is 6.07 Å². The van der Waals surface area contributed by atoms with Gasteiger partial charge in [-0.15, -0.1) is 0 Å². The predicted molar refractivity (Wildman–Crippen MR) is 93.7 cm³/mol. The highest BCUT2D eigenvalue weighted by Crippen LogP contribution is 2.41. The fourth-order valence-electron chi connectivity index (χ4n) is 2.80. The molecular formula is C18H14N4S. The standard InChI is InChI=1S/C18H14N4S/c19-11-13-5-7-14(8-6-13)12-23-18-21-16-4-2-1-3-15(16)17-9-10-20-22(17)18/h1-8,10,17H,9,12H2. The topological polar surface area (TPSA) is 51.8 Å². The molecule has 0 saturated carbocycles. The van der Waals surface area contributed by atoms with Crippen LogP contribution in [0.4, 0.5) is 5.69 Å². The molecule has 23 heavy (non-hydrogen) atoms. The monoisotopic (exact) mass is 318 g/mol. The molecule has 0 fully saturated rings. The Balaban J connectivity index is 1.57. The van der Waals surface area contributed by atoms with Gasteiger partial charge in [-0.1, -0.05) is 42.1 Å². The summed E-state index contributed by atoms with van der Waals surface area (Å²) < 4.78 is 0. The van der Waals surface area contributed by atoms with Gasteiger partial charge in [-0.25, -0.2) is 10.0 Å². The van der Waals surface area contributed by atoms with E-state index >= 15 is 0 Å². The van der Waals surface area contributed by atoms with Gasteiger partial charge in [0, 0.05) is 24.0 Å². The Morgan fingerprint density at radius 1 is 1.17 bits per heavy atom. The first kappa shape index (κ1) is 14.0. The van der Waals surface area contributed by atoms with Crippen molar-refractivity contribution in [2.24, 2.45) is 10.1 Å². The first-order chi connectivity index (χ1) is 11.3. The Hall–Kier alpha value is -2.58. The van der Waals surface area contributed by atoms with E-state index in [0.29, 0.717) is 5.56 Å². The van der Waals surface area contributed by atoms with Crippen molar-refractivity contribution in [3.05, 3.63) is 65.2 Å². The van der Waals surface area contributed by atoms with E-state index in [0.717, 1.165) is 23.0 Å². The molecule has 2 aliphatic heterocycles. The highest BCUT2D eigenvalue weighted by atomic mass is 32.2. The molecule has 4 nitrogen and oxygen atoms in total. The quantitative estimate of drug-likeness (QED) is 0.833. The molecule has 5 heteroatoms. The zero-order valence-electron chi connectivity index (χ0n) is 12.4.